The van der Waals surface area contributed by atoms with Crippen LogP contribution in [-0.2, 0) is 0 Å². The summed E-state index contributed by atoms with van der Waals surface area (Å²) < 4.78 is 0. The summed E-state index contributed by atoms with van der Waals surface area (Å²) in [6, 6.07) is 1.93. The minimum Gasteiger partial charge on any atom is -0.375 e. The summed E-state index contributed by atoms with van der Waals surface area (Å²) in [5.74, 6) is 0.672. The van der Waals surface area contributed by atoms with Crippen LogP contribution in [0.1, 0.15) is 28.2 Å². The Morgan fingerprint density at radius 1 is 1.25 bits per heavy atom. The van der Waals surface area contributed by atoms with Gasteiger partial charge in [-0.1, -0.05) is 0 Å². The van der Waals surface area contributed by atoms with Crippen LogP contribution in [0.25, 0.3) is 0 Å². The highest BCUT2D eigenvalue weighted by atomic mass is 32.1. The van der Waals surface area contributed by atoms with E-state index in [0.29, 0.717) is 11.0 Å². The van der Waals surface area contributed by atoms with Gasteiger partial charge in [0.15, 0.2) is 5.13 Å². The summed E-state index contributed by atoms with van der Waals surface area (Å²) in [5, 5.41) is 2.21. The van der Waals surface area contributed by atoms with E-state index in [1.807, 2.05) is 25.3 Å². The van der Waals surface area contributed by atoms with Crippen LogP contribution in [-0.4, -0.2) is 15.0 Å². The van der Waals surface area contributed by atoms with Crippen molar-refractivity contribution in [3.63, 3.8) is 0 Å². The first kappa shape index (κ1) is 11.3. The molecule has 0 amide bonds. The van der Waals surface area contributed by atoms with Crippen LogP contribution in [0.15, 0.2) is 11.4 Å². The number of thiazole rings is 1. The molecule has 0 fully saturated rings. The lowest BCUT2D eigenvalue weighted by atomic mass is 10.3. The van der Waals surface area contributed by atoms with Crippen LogP contribution >= 0.6 is 24.0 Å². The Morgan fingerprint density at radius 2 is 1.88 bits per heavy atom. The largest absolute Gasteiger partial charge is 0.375 e. The van der Waals surface area contributed by atoms with Gasteiger partial charge in [-0.05, 0) is 19.9 Å². The number of anilines is 1. The Bertz CT molecular complexity index is 489. The van der Waals surface area contributed by atoms with Crippen molar-refractivity contribution in [2.24, 2.45) is 0 Å². The number of hydrogen-bond acceptors (Lipinski definition) is 6. The summed E-state index contributed by atoms with van der Waals surface area (Å²) in [6.45, 7) is 3.88. The van der Waals surface area contributed by atoms with E-state index < -0.39 is 0 Å². The van der Waals surface area contributed by atoms with Gasteiger partial charge in [0.05, 0.1) is 5.69 Å². The van der Waals surface area contributed by atoms with E-state index >= 15 is 0 Å². The quantitative estimate of drug-likeness (QED) is 0.804. The summed E-state index contributed by atoms with van der Waals surface area (Å²) in [6.07, 6.45) is 0. The van der Waals surface area contributed by atoms with Crippen LogP contribution in [0.5, 0.6) is 0 Å². The lowest BCUT2D eigenvalue weighted by molar-refractivity contribution is 0.893. The van der Waals surface area contributed by atoms with Crippen molar-refractivity contribution in [3.8, 4) is 0 Å². The van der Waals surface area contributed by atoms with E-state index in [9.17, 15) is 0 Å². The molecular formula is C10H12N4S2. The van der Waals surface area contributed by atoms with E-state index in [1.165, 1.54) is 11.3 Å². The second-order valence-electron chi connectivity index (χ2n) is 3.52. The standard InChI is InChI=1S/C10H12N4S2/c1-5-3-6(2)13-9(12-5)8(15)7-4-16-10(11)14-7/h3-4,8,15H,1-2H3,(H2,11,14). The van der Waals surface area contributed by atoms with E-state index in [4.69, 9.17) is 5.73 Å². The predicted molar refractivity (Wildman–Crippen MR) is 68.9 cm³/mol. The number of aryl methyl sites for hydroxylation is 2. The molecule has 0 saturated heterocycles. The molecule has 0 saturated carbocycles. The average molecular weight is 252 g/mol. The first-order valence-corrected chi connectivity index (χ1v) is 6.17. The molecule has 1 atom stereocenters. The highest BCUT2D eigenvalue weighted by Crippen LogP contribution is 2.27. The van der Waals surface area contributed by atoms with Crippen molar-refractivity contribution in [2.45, 2.75) is 19.1 Å². The third kappa shape index (κ3) is 2.33. The van der Waals surface area contributed by atoms with Crippen LogP contribution < -0.4 is 5.73 Å². The molecule has 2 rings (SSSR count). The van der Waals surface area contributed by atoms with Crippen LogP contribution in [0.3, 0.4) is 0 Å². The molecule has 0 aliphatic carbocycles. The van der Waals surface area contributed by atoms with Crippen molar-refractivity contribution < 1.29 is 0 Å². The normalized spacial score (nSPS) is 12.7. The third-order valence-corrected chi connectivity index (χ3v) is 3.25. The maximum absolute atomic E-state index is 5.59. The Balaban J connectivity index is 2.37. The zero-order valence-corrected chi connectivity index (χ0v) is 10.7. The monoisotopic (exact) mass is 252 g/mol. The van der Waals surface area contributed by atoms with Gasteiger partial charge in [-0.15, -0.1) is 11.3 Å². The van der Waals surface area contributed by atoms with Crippen molar-refractivity contribution >= 4 is 29.1 Å². The molecule has 2 aromatic heterocycles. The van der Waals surface area contributed by atoms with Crippen molar-refractivity contribution in [3.05, 3.63) is 34.4 Å². The van der Waals surface area contributed by atoms with Crippen LogP contribution in [0.2, 0.25) is 0 Å². The predicted octanol–water partition coefficient (Wildman–Crippen LogP) is 2.15. The Morgan fingerprint density at radius 3 is 2.38 bits per heavy atom. The molecule has 1 unspecified atom stereocenters. The molecule has 0 aliphatic rings. The molecule has 2 N–H and O–H groups in total. The summed E-state index contributed by atoms with van der Waals surface area (Å²) in [7, 11) is 0. The van der Waals surface area contributed by atoms with Gasteiger partial charge in [-0.25, -0.2) is 15.0 Å². The second-order valence-corrected chi connectivity index (χ2v) is 4.93. The molecule has 0 bridgehead atoms. The number of nitrogen functional groups attached to an aromatic ring is 1. The molecule has 4 nitrogen and oxygen atoms in total. The minimum absolute atomic E-state index is 0.216. The van der Waals surface area contributed by atoms with Gasteiger partial charge in [0, 0.05) is 16.8 Å². The van der Waals surface area contributed by atoms with Gasteiger partial charge in [-0.2, -0.15) is 12.6 Å². The zero-order valence-electron chi connectivity index (χ0n) is 9.01. The fourth-order valence-corrected chi connectivity index (χ4v) is 2.37. The molecule has 2 aromatic rings. The van der Waals surface area contributed by atoms with Crippen LogP contribution in [0, 0.1) is 13.8 Å². The maximum atomic E-state index is 5.59. The smallest absolute Gasteiger partial charge is 0.180 e. The third-order valence-electron chi connectivity index (χ3n) is 2.06. The average Bonchev–Trinajstić information content (AvgIpc) is 2.62. The van der Waals surface area contributed by atoms with Crippen LogP contribution in [0.4, 0.5) is 5.13 Å². The number of rotatable bonds is 2. The van der Waals surface area contributed by atoms with Gasteiger partial charge in [0.2, 0.25) is 0 Å². The van der Waals surface area contributed by atoms with Crippen molar-refractivity contribution in [1.29, 1.82) is 0 Å². The van der Waals surface area contributed by atoms with E-state index in [0.717, 1.165) is 17.1 Å². The highest BCUT2D eigenvalue weighted by molar-refractivity contribution is 7.80. The van der Waals surface area contributed by atoms with Crippen molar-refractivity contribution in [1.82, 2.24) is 15.0 Å². The first-order chi connectivity index (χ1) is 7.56. The van der Waals surface area contributed by atoms with Gasteiger partial charge in [0.1, 0.15) is 11.1 Å². The molecule has 2 heterocycles. The molecule has 16 heavy (non-hydrogen) atoms. The van der Waals surface area contributed by atoms with Gasteiger partial charge >= 0.3 is 0 Å². The fraction of sp³-hybridized carbons (Fsp3) is 0.300. The molecule has 0 aliphatic heterocycles. The zero-order chi connectivity index (χ0) is 11.7. The van der Waals surface area contributed by atoms with Gasteiger partial charge in [-0.3, -0.25) is 0 Å². The first-order valence-electron chi connectivity index (χ1n) is 4.77. The lowest BCUT2D eigenvalue weighted by Gasteiger charge is -2.08. The summed E-state index contributed by atoms with van der Waals surface area (Å²) in [4.78, 5) is 12.9. The molecule has 84 valence electrons. The van der Waals surface area contributed by atoms with E-state index in [2.05, 4.69) is 27.6 Å². The number of thiol groups is 1. The fourth-order valence-electron chi connectivity index (χ4n) is 1.43. The van der Waals surface area contributed by atoms with Crippen molar-refractivity contribution in [2.75, 3.05) is 5.73 Å². The van der Waals surface area contributed by atoms with E-state index in [-0.39, 0.29) is 5.25 Å². The maximum Gasteiger partial charge on any atom is 0.180 e. The number of nitrogens with two attached hydrogens (primary N) is 1. The topological polar surface area (TPSA) is 64.7 Å². The lowest BCUT2D eigenvalue weighted by Crippen LogP contribution is -2.03. The van der Waals surface area contributed by atoms with Gasteiger partial charge < -0.3 is 5.73 Å². The SMILES string of the molecule is Cc1cc(C)nc(C(S)c2csc(N)n2)n1. The number of aromatic nitrogens is 3. The minimum atomic E-state index is -0.216. The number of hydrogen-bond donors (Lipinski definition) is 2. The van der Waals surface area contributed by atoms with Gasteiger partial charge in [0.25, 0.3) is 0 Å². The summed E-state index contributed by atoms with van der Waals surface area (Å²) in [5.41, 5.74) is 8.26. The second kappa shape index (κ2) is 4.39. The Labute approximate surface area is 103 Å². The molecule has 0 spiro atoms. The van der Waals surface area contributed by atoms with E-state index in [1.54, 1.807) is 0 Å². The molecular weight excluding hydrogens is 240 g/mol. The molecule has 6 heteroatoms. The molecule has 0 radical (unpaired) electrons. The Hall–Kier alpha value is -1.14. The Kier molecular flexibility index (Phi) is 3.11. The summed E-state index contributed by atoms with van der Waals surface area (Å²) >= 11 is 5.88. The highest BCUT2D eigenvalue weighted by Gasteiger charge is 2.16. The molecule has 0 aromatic carbocycles. The number of nitrogens with zero attached hydrogens (tertiary/aromatic N) is 3.